The van der Waals surface area contributed by atoms with Gasteiger partial charge in [0, 0.05) is 17.8 Å². The van der Waals surface area contributed by atoms with Crippen molar-refractivity contribution in [3.63, 3.8) is 0 Å². The third-order valence-electron chi connectivity index (χ3n) is 4.80. The number of nitro groups is 3. The molecule has 0 unspecified atom stereocenters. The first kappa shape index (κ1) is 21.7. The lowest BCUT2D eigenvalue weighted by Crippen LogP contribution is -1.98. The molecule has 0 aliphatic heterocycles. The van der Waals surface area contributed by atoms with Crippen LogP contribution in [0.3, 0.4) is 0 Å². The summed E-state index contributed by atoms with van der Waals surface area (Å²) in [7, 11) is 0. The summed E-state index contributed by atoms with van der Waals surface area (Å²) < 4.78 is 0. The van der Waals surface area contributed by atoms with Crippen LogP contribution in [0.25, 0.3) is 0 Å². The molecule has 158 valence electrons. The molecular formula is C18H16Cl2N4O6. The van der Waals surface area contributed by atoms with Crippen molar-refractivity contribution >= 4 is 46.0 Å². The molecule has 0 atom stereocenters. The zero-order valence-corrected chi connectivity index (χ0v) is 16.9. The lowest BCUT2D eigenvalue weighted by molar-refractivity contribution is -0.394. The summed E-state index contributed by atoms with van der Waals surface area (Å²) in [5, 5.41) is 32.6. The van der Waals surface area contributed by atoms with Crippen LogP contribution in [0, 0.1) is 30.3 Å². The van der Waals surface area contributed by atoms with Gasteiger partial charge in [0.25, 0.3) is 17.1 Å². The van der Waals surface area contributed by atoms with Gasteiger partial charge < -0.3 is 5.73 Å². The van der Waals surface area contributed by atoms with Gasteiger partial charge in [-0.05, 0) is 43.6 Å². The first-order valence-corrected chi connectivity index (χ1v) is 9.71. The van der Waals surface area contributed by atoms with Gasteiger partial charge in [-0.2, -0.15) is 0 Å². The van der Waals surface area contributed by atoms with Crippen LogP contribution in [0.5, 0.6) is 0 Å². The maximum Gasteiger partial charge on any atom is 0.281 e. The number of nitrogens with two attached hydrogens (primary N) is 1. The number of nitrogen functional groups attached to an aromatic ring is 1. The second kappa shape index (κ2) is 8.41. The molecule has 0 amide bonds. The predicted molar refractivity (Wildman–Crippen MR) is 111 cm³/mol. The van der Waals surface area contributed by atoms with E-state index >= 15 is 0 Å². The summed E-state index contributed by atoms with van der Waals surface area (Å²) in [5.41, 5.74) is 6.37. The van der Waals surface area contributed by atoms with Crippen LogP contribution in [0.4, 0.5) is 22.7 Å². The summed E-state index contributed by atoms with van der Waals surface area (Å²) in [5.74, 6) is 0.331. The number of nitro benzene ring substituents is 3. The molecule has 12 heteroatoms. The van der Waals surface area contributed by atoms with Crippen LogP contribution in [-0.4, -0.2) is 14.8 Å². The smallest absolute Gasteiger partial charge is 0.281 e. The van der Waals surface area contributed by atoms with E-state index in [1.807, 2.05) is 0 Å². The molecule has 0 radical (unpaired) electrons. The summed E-state index contributed by atoms with van der Waals surface area (Å²) in [6.45, 7) is 0. The fourth-order valence-electron chi connectivity index (χ4n) is 3.17. The third-order valence-corrected chi connectivity index (χ3v) is 5.42. The van der Waals surface area contributed by atoms with Crippen molar-refractivity contribution in [2.45, 2.75) is 37.5 Å². The summed E-state index contributed by atoms with van der Waals surface area (Å²) in [4.78, 5) is 30.4. The standard InChI is InChI=1S/C9H7ClN2O4.C9H9ClN2O2/c10-7-3-6(11(13)14)4-8(12(15)16)9(7)5-1-2-5;10-7-3-6(11)4-8(12(13)14)9(7)5-1-2-5/h3-5H,1-2H2;3-5H,1-2,11H2. The van der Waals surface area contributed by atoms with E-state index in [4.69, 9.17) is 28.9 Å². The Hall–Kier alpha value is -2.98. The van der Waals surface area contributed by atoms with Crippen molar-refractivity contribution in [3.8, 4) is 0 Å². The molecule has 0 heterocycles. The van der Waals surface area contributed by atoms with E-state index in [9.17, 15) is 30.3 Å². The third kappa shape index (κ3) is 4.77. The highest BCUT2D eigenvalue weighted by Gasteiger charge is 2.35. The minimum absolute atomic E-state index is 0.0532. The molecule has 10 nitrogen and oxygen atoms in total. The monoisotopic (exact) mass is 454 g/mol. The van der Waals surface area contributed by atoms with E-state index in [2.05, 4.69) is 0 Å². The number of nitrogens with zero attached hydrogens (tertiary/aromatic N) is 3. The Balaban J connectivity index is 0.000000172. The molecule has 2 N–H and O–H groups in total. The zero-order valence-electron chi connectivity index (χ0n) is 15.4. The lowest BCUT2D eigenvalue weighted by atomic mass is 10.1. The van der Waals surface area contributed by atoms with Gasteiger partial charge >= 0.3 is 0 Å². The molecule has 2 saturated carbocycles. The highest BCUT2D eigenvalue weighted by molar-refractivity contribution is 6.32. The Bertz CT molecular complexity index is 1050. The van der Waals surface area contributed by atoms with E-state index in [1.54, 1.807) is 6.07 Å². The second-order valence-corrected chi connectivity index (χ2v) is 7.93. The van der Waals surface area contributed by atoms with E-state index in [0.29, 0.717) is 21.8 Å². The number of hydrogen-bond acceptors (Lipinski definition) is 7. The maximum absolute atomic E-state index is 10.8. The second-order valence-electron chi connectivity index (χ2n) is 7.12. The fraction of sp³-hybridized carbons (Fsp3) is 0.333. The number of benzene rings is 2. The van der Waals surface area contributed by atoms with Crippen LogP contribution in [0.15, 0.2) is 24.3 Å². The number of anilines is 1. The fourth-order valence-corrected chi connectivity index (χ4v) is 3.91. The summed E-state index contributed by atoms with van der Waals surface area (Å²) in [6, 6.07) is 5.09. The highest BCUT2D eigenvalue weighted by atomic mass is 35.5. The average molecular weight is 455 g/mol. The van der Waals surface area contributed by atoms with Crippen LogP contribution in [0.2, 0.25) is 10.0 Å². The first-order valence-electron chi connectivity index (χ1n) is 8.95. The van der Waals surface area contributed by atoms with Gasteiger partial charge in [-0.1, -0.05) is 23.2 Å². The molecule has 2 aliphatic rings. The quantitative estimate of drug-likeness (QED) is 0.342. The van der Waals surface area contributed by atoms with Crippen LogP contribution in [0.1, 0.15) is 48.6 Å². The Morgan fingerprint density at radius 1 is 0.733 bits per heavy atom. The van der Waals surface area contributed by atoms with Gasteiger partial charge in [0.1, 0.15) is 0 Å². The minimum Gasteiger partial charge on any atom is -0.398 e. The first-order chi connectivity index (χ1) is 14.1. The molecule has 0 saturated heterocycles. The van der Waals surface area contributed by atoms with Gasteiger partial charge in [0.2, 0.25) is 0 Å². The summed E-state index contributed by atoms with van der Waals surface area (Å²) >= 11 is 11.8. The molecule has 0 spiro atoms. The van der Waals surface area contributed by atoms with E-state index in [-0.39, 0.29) is 33.9 Å². The van der Waals surface area contributed by atoms with Crippen molar-refractivity contribution in [3.05, 3.63) is 75.8 Å². The van der Waals surface area contributed by atoms with E-state index < -0.39 is 14.8 Å². The largest absolute Gasteiger partial charge is 0.398 e. The van der Waals surface area contributed by atoms with Gasteiger partial charge in [-0.3, -0.25) is 30.3 Å². The van der Waals surface area contributed by atoms with Gasteiger partial charge in [-0.15, -0.1) is 0 Å². The molecule has 0 bridgehead atoms. The minimum atomic E-state index is -0.685. The van der Waals surface area contributed by atoms with Gasteiger partial charge in [0.05, 0.1) is 42.0 Å². The lowest BCUT2D eigenvalue weighted by Gasteiger charge is -2.04. The number of hydrogen-bond donors (Lipinski definition) is 1. The van der Waals surface area contributed by atoms with E-state index in [0.717, 1.165) is 31.7 Å². The normalized spacial score (nSPS) is 15.1. The molecule has 0 aromatic heterocycles. The van der Waals surface area contributed by atoms with E-state index in [1.165, 1.54) is 12.1 Å². The molecule has 30 heavy (non-hydrogen) atoms. The summed E-state index contributed by atoms with van der Waals surface area (Å²) in [6.07, 6.45) is 3.64. The van der Waals surface area contributed by atoms with Crippen LogP contribution in [-0.2, 0) is 0 Å². The Morgan fingerprint density at radius 3 is 1.57 bits per heavy atom. The highest BCUT2D eigenvalue weighted by Crippen LogP contribution is 2.49. The molecular weight excluding hydrogens is 439 g/mol. The average Bonchev–Trinajstić information content (AvgIpc) is 3.53. The van der Waals surface area contributed by atoms with Crippen molar-refractivity contribution in [2.75, 3.05) is 5.73 Å². The van der Waals surface area contributed by atoms with Gasteiger partial charge in [-0.25, -0.2) is 0 Å². The zero-order chi connectivity index (χ0) is 22.2. The maximum atomic E-state index is 10.8. The topological polar surface area (TPSA) is 155 Å². The van der Waals surface area contributed by atoms with Gasteiger partial charge in [0.15, 0.2) is 0 Å². The van der Waals surface area contributed by atoms with Crippen molar-refractivity contribution in [1.82, 2.24) is 0 Å². The number of rotatable bonds is 5. The predicted octanol–water partition coefficient (Wildman–Crippen LogP) is 5.74. The molecule has 2 aliphatic carbocycles. The van der Waals surface area contributed by atoms with Crippen LogP contribution < -0.4 is 5.73 Å². The van der Waals surface area contributed by atoms with Crippen LogP contribution >= 0.6 is 23.2 Å². The molecule has 2 aromatic carbocycles. The molecule has 4 rings (SSSR count). The Labute approximate surface area is 180 Å². The molecule has 2 aromatic rings. The molecule has 2 fully saturated rings. The Kier molecular flexibility index (Phi) is 6.09. The number of non-ortho nitro benzene ring substituents is 1. The van der Waals surface area contributed by atoms with Crippen molar-refractivity contribution in [1.29, 1.82) is 0 Å². The SMILES string of the molecule is Nc1cc(Cl)c(C2CC2)c([N+](=O)[O-])c1.O=[N+]([O-])c1cc(Cl)c(C2CC2)c([N+](=O)[O-])c1. The van der Waals surface area contributed by atoms with Crippen molar-refractivity contribution < 1.29 is 14.8 Å². The van der Waals surface area contributed by atoms with Crippen molar-refractivity contribution in [2.24, 2.45) is 0 Å². The Morgan fingerprint density at radius 2 is 1.17 bits per heavy atom. The number of halogens is 2.